The number of carboxylic acids is 1. The van der Waals surface area contributed by atoms with Crippen LogP contribution in [0.15, 0.2) is 24.3 Å². The van der Waals surface area contributed by atoms with Gasteiger partial charge < -0.3 is 15.3 Å². The Bertz CT molecular complexity index is 640. The van der Waals surface area contributed by atoms with Crippen molar-refractivity contribution in [1.82, 2.24) is 4.90 Å². The van der Waals surface area contributed by atoms with E-state index in [4.69, 9.17) is 5.11 Å². The van der Waals surface area contributed by atoms with E-state index >= 15 is 0 Å². The number of hydrogen-bond acceptors (Lipinski definition) is 3. The molecule has 0 saturated carbocycles. The number of carbonyl (C=O) groups excluding carboxylic acids is 2. The summed E-state index contributed by atoms with van der Waals surface area (Å²) >= 11 is 0. The first-order chi connectivity index (χ1) is 12.0. The molecular formula is C19H26N2O4. The molecule has 1 aliphatic heterocycles. The molecule has 0 aliphatic carbocycles. The summed E-state index contributed by atoms with van der Waals surface area (Å²) in [6.07, 6.45) is 2.83. The zero-order valence-corrected chi connectivity index (χ0v) is 14.8. The molecule has 0 aromatic heterocycles. The Balaban J connectivity index is 2.08. The van der Waals surface area contributed by atoms with Crippen LogP contribution in [0.1, 0.15) is 49.9 Å². The third kappa shape index (κ3) is 4.81. The molecule has 136 valence electrons. The minimum absolute atomic E-state index is 0.0430. The van der Waals surface area contributed by atoms with Gasteiger partial charge in [-0.1, -0.05) is 19.9 Å². The van der Waals surface area contributed by atoms with Gasteiger partial charge in [-0.2, -0.15) is 0 Å². The number of nitrogens with zero attached hydrogens (tertiary/aromatic N) is 1. The molecule has 1 aromatic rings. The van der Waals surface area contributed by atoms with E-state index in [9.17, 15) is 14.4 Å². The van der Waals surface area contributed by atoms with E-state index in [-0.39, 0.29) is 24.3 Å². The first-order valence-corrected chi connectivity index (χ1v) is 8.89. The van der Waals surface area contributed by atoms with Crippen LogP contribution in [-0.2, 0) is 9.59 Å². The highest BCUT2D eigenvalue weighted by Crippen LogP contribution is 2.21. The van der Waals surface area contributed by atoms with Crippen molar-refractivity contribution in [3.63, 3.8) is 0 Å². The van der Waals surface area contributed by atoms with Crippen molar-refractivity contribution >= 4 is 23.5 Å². The van der Waals surface area contributed by atoms with Gasteiger partial charge >= 0.3 is 5.97 Å². The molecule has 2 rings (SSSR count). The second-order valence-electron chi connectivity index (χ2n) is 6.51. The molecule has 1 saturated heterocycles. The van der Waals surface area contributed by atoms with Gasteiger partial charge in [0.15, 0.2) is 0 Å². The number of anilines is 1. The SMILES string of the molecule is CCC(CC)C(=O)Nc1cccc(C(=O)N2CCCC(C(=O)O)C2)c1. The Morgan fingerprint density at radius 3 is 2.64 bits per heavy atom. The number of nitrogens with one attached hydrogen (secondary N) is 1. The number of rotatable bonds is 6. The van der Waals surface area contributed by atoms with E-state index in [0.717, 1.165) is 12.8 Å². The van der Waals surface area contributed by atoms with Gasteiger partial charge in [-0.3, -0.25) is 14.4 Å². The Morgan fingerprint density at radius 1 is 1.28 bits per heavy atom. The fourth-order valence-corrected chi connectivity index (χ4v) is 3.18. The first kappa shape index (κ1) is 19.0. The molecule has 0 radical (unpaired) electrons. The molecule has 1 fully saturated rings. The molecular weight excluding hydrogens is 320 g/mol. The molecule has 1 aliphatic rings. The standard InChI is InChI=1S/C19H26N2O4/c1-3-13(4-2)17(22)20-16-9-5-7-14(11-16)18(23)21-10-6-8-15(12-21)19(24)25/h5,7,9,11,13,15H,3-4,6,8,10,12H2,1-2H3,(H,20,22)(H,24,25). The van der Waals surface area contributed by atoms with Gasteiger partial charge in [0.2, 0.25) is 5.91 Å². The third-order valence-electron chi connectivity index (χ3n) is 4.79. The lowest BCUT2D eigenvalue weighted by atomic mass is 9.97. The average Bonchev–Trinajstić information content (AvgIpc) is 2.62. The quantitative estimate of drug-likeness (QED) is 0.829. The zero-order valence-electron chi connectivity index (χ0n) is 14.8. The molecule has 2 N–H and O–H groups in total. The predicted octanol–water partition coefficient (Wildman–Crippen LogP) is 3.00. The molecule has 0 spiro atoms. The molecule has 1 atom stereocenters. The van der Waals surface area contributed by atoms with Crippen LogP contribution in [0.3, 0.4) is 0 Å². The van der Waals surface area contributed by atoms with Gasteiger partial charge in [-0.15, -0.1) is 0 Å². The second kappa shape index (κ2) is 8.65. The third-order valence-corrected chi connectivity index (χ3v) is 4.79. The van der Waals surface area contributed by atoms with Crippen LogP contribution in [-0.4, -0.2) is 40.9 Å². The highest BCUT2D eigenvalue weighted by atomic mass is 16.4. The van der Waals surface area contributed by atoms with E-state index < -0.39 is 11.9 Å². The van der Waals surface area contributed by atoms with Gasteiger partial charge in [0.1, 0.15) is 0 Å². The summed E-state index contributed by atoms with van der Waals surface area (Å²) in [5.41, 5.74) is 1.06. The summed E-state index contributed by atoms with van der Waals surface area (Å²) in [5, 5.41) is 12.0. The summed E-state index contributed by atoms with van der Waals surface area (Å²) in [6.45, 7) is 4.75. The van der Waals surface area contributed by atoms with E-state index in [1.165, 1.54) is 0 Å². The number of likely N-dealkylation sites (tertiary alicyclic amines) is 1. The number of benzene rings is 1. The molecule has 25 heavy (non-hydrogen) atoms. The predicted molar refractivity (Wildman–Crippen MR) is 95.4 cm³/mol. The van der Waals surface area contributed by atoms with E-state index in [2.05, 4.69) is 5.32 Å². The smallest absolute Gasteiger partial charge is 0.308 e. The number of aliphatic carboxylic acids is 1. The van der Waals surface area contributed by atoms with Crippen LogP contribution in [0.4, 0.5) is 5.69 Å². The van der Waals surface area contributed by atoms with Crippen molar-refractivity contribution in [2.45, 2.75) is 39.5 Å². The number of carbonyl (C=O) groups is 3. The van der Waals surface area contributed by atoms with Crippen LogP contribution in [0.25, 0.3) is 0 Å². The zero-order chi connectivity index (χ0) is 18.4. The molecule has 1 aromatic carbocycles. The van der Waals surface area contributed by atoms with Gasteiger partial charge in [0.05, 0.1) is 5.92 Å². The molecule has 1 unspecified atom stereocenters. The van der Waals surface area contributed by atoms with Gasteiger partial charge in [-0.05, 0) is 43.9 Å². The second-order valence-corrected chi connectivity index (χ2v) is 6.51. The average molecular weight is 346 g/mol. The van der Waals surface area contributed by atoms with Crippen molar-refractivity contribution < 1.29 is 19.5 Å². The summed E-state index contributed by atoms with van der Waals surface area (Å²) in [7, 11) is 0. The lowest BCUT2D eigenvalue weighted by Gasteiger charge is -2.30. The molecule has 6 heteroatoms. The molecule has 0 bridgehead atoms. The van der Waals surface area contributed by atoms with Gasteiger partial charge in [0.25, 0.3) is 5.91 Å². The van der Waals surface area contributed by atoms with Crippen molar-refractivity contribution in [3.8, 4) is 0 Å². The normalized spacial score (nSPS) is 17.4. The number of piperidine rings is 1. The molecule has 6 nitrogen and oxygen atoms in total. The van der Waals surface area contributed by atoms with Gasteiger partial charge in [0, 0.05) is 30.3 Å². The summed E-state index contributed by atoms with van der Waals surface area (Å²) in [6, 6.07) is 6.84. The van der Waals surface area contributed by atoms with Crippen LogP contribution >= 0.6 is 0 Å². The summed E-state index contributed by atoms with van der Waals surface area (Å²) in [4.78, 5) is 37.6. The lowest BCUT2D eigenvalue weighted by molar-refractivity contribution is -0.143. The van der Waals surface area contributed by atoms with Crippen LogP contribution in [0.5, 0.6) is 0 Å². The molecule has 1 heterocycles. The highest BCUT2D eigenvalue weighted by Gasteiger charge is 2.28. The Hall–Kier alpha value is -2.37. The van der Waals surface area contributed by atoms with Crippen LogP contribution < -0.4 is 5.32 Å². The number of carboxylic acid groups (broad SMARTS) is 1. The van der Waals surface area contributed by atoms with E-state index in [0.29, 0.717) is 30.6 Å². The van der Waals surface area contributed by atoms with Gasteiger partial charge in [-0.25, -0.2) is 0 Å². The fourth-order valence-electron chi connectivity index (χ4n) is 3.18. The maximum atomic E-state index is 12.7. The van der Waals surface area contributed by atoms with Crippen molar-refractivity contribution in [2.24, 2.45) is 11.8 Å². The number of hydrogen-bond donors (Lipinski definition) is 2. The maximum Gasteiger partial charge on any atom is 0.308 e. The van der Waals surface area contributed by atoms with Crippen molar-refractivity contribution in [2.75, 3.05) is 18.4 Å². The summed E-state index contributed by atoms with van der Waals surface area (Å²) in [5.74, 6) is -1.64. The Kier molecular flexibility index (Phi) is 6.56. The highest BCUT2D eigenvalue weighted by molar-refractivity contribution is 5.98. The minimum Gasteiger partial charge on any atom is -0.481 e. The minimum atomic E-state index is -0.858. The van der Waals surface area contributed by atoms with Crippen molar-refractivity contribution in [1.29, 1.82) is 0 Å². The lowest BCUT2D eigenvalue weighted by Crippen LogP contribution is -2.42. The van der Waals surface area contributed by atoms with E-state index in [1.807, 2.05) is 13.8 Å². The van der Waals surface area contributed by atoms with Crippen molar-refractivity contribution in [3.05, 3.63) is 29.8 Å². The fraction of sp³-hybridized carbons (Fsp3) is 0.526. The maximum absolute atomic E-state index is 12.7. The first-order valence-electron chi connectivity index (χ1n) is 8.89. The largest absolute Gasteiger partial charge is 0.481 e. The van der Waals surface area contributed by atoms with Crippen LogP contribution in [0, 0.1) is 11.8 Å². The van der Waals surface area contributed by atoms with Crippen LogP contribution in [0.2, 0.25) is 0 Å². The van der Waals surface area contributed by atoms with E-state index in [1.54, 1.807) is 29.2 Å². The Labute approximate surface area is 148 Å². The summed E-state index contributed by atoms with van der Waals surface area (Å²) < 4.78 is 0. The topological polar surface area (TPSA) is 86.7 Å². The molecule has 2 amide bonds. The Morgan fingerprint density at radius 2 is 2.00 bits per heavy atom. The number of amides is 2. The monoisotopic (exact) mass is 346 g/mol.